The van der Waals surface area contributed by atoms with Gasteiger partial charge in [0.2, 0.25) is 0 Å². The Morgan fingerprint density at radius 1 is 0.933 bits per heavy atom. The quantitative estimate of drug-likeness (QED) is 0.516. The first-order valence-electron chi connectivity index (χ1n) is 9.75. The smallest absolute Gasteiger partial charge is 0.331 e. The van der Waals surface area contributed by atoms with Crippen LogP contribution in [-0.2, 0) is 14.3 Å². The van der Waals surface area contributed by atoms with Crippen molar-refractivity contribution in [2.75, 3.05) is 51.9 Å². The van der Waals surface area contributed by atoms with Gasteiger partial charge in [0.25, 0.3) is 5.91 Å². The fourth-order valence-corrected chi connectivity index (χ4v) is 3.25. The molecule has 3 rings (SSSR count). The Morgan fingerprint density at radius 2 is 1.63 bits per heavy atom. The molecule has 0 aromatic heterocycles. The molecular formula is C23H26N2O5. The number of rotatable bonds is 7. The van der Waals surface area contributed by atoms with Crippen LogP contribution in [0.4, 0.5) is 5.69 Å². The number of nitrogens with zero attached hydrogens (tertiary/aromatic N) is 2. The molecule has 1 saturated heterocycles. The van der Waals surface area contributed by atoms with Crippen LogP contribution in [0.3, 0.4) is 0 Å². The van der Waals surface area contributed by atoms with Gasteiger partial charge in [-0.1, -0.05) is 24.3 Å². The van der Waals surface area contributed by atoms with Gasteiger partial charge < -0.3 is 24.0 Å². The van der Waals surface area contributed by atoms with E-state index < -0.39 is 5.97 Å². The van der Waals surface area contributed by atoms with E-state index in [9.17, 15) is 9.59 Å². The monoisotopic (exact) mass is 410 g/mol. The maximum absolute atomic E-state index is 12.3. The average Bonchev–Trinajstić information content (AvgIpc) is 2.81. The first kappa shape index (κ1) is 21.2. The molecule has 7 nitrogen and oxygen atoms in total. The largest absolute Gasteiger partial charge is 0.493 e. The Kier molecular flexibility index (Phi) is 7.32. The van der Waals surface area contributed by atoms with E-state index in [1.807, 2.05) is 18.2 Å². The van der Waals surface area contributed by atoms with Crippen molar-refractivity contribution in [3.8, 4) is 11.5 Å². The van der Waals surface area contributed by atoms with Crippen molar-refractivity contribution in [2.45, 2.75) is 0 Å². The molecule has 2 aromatic carbocycles. The molecular weight excluding hydrogens is 384 g/mol. The number of carbonyl (C=O) groups excluding carboxylic acids is 2. The van der Waals surface area contributed by atoms with Crippen LogP contribution in [0.5, 0.6) is 11.5 Å². The van der Waals surface area contributed by atoms with Crippen molar-refractivity contribution in [2.24, 2.45) is 0 Å². The topological polar surface area (TPSA) is 68.3 Å². The highest BCUT2D eigenvalue weighted by Crippen LogP contribution is 2.27. The lowest BCUT2D eigenvalue weighted by Crippen LogP contribution is -2.49. The Hall–Kier alpha value is -3.48. The van der Waals surface area contributed by atoms with Gasteiger partial charge in [0.1, 0.15) is 0 Å². The number of para-hydroxylation sites is 1. The Bertz CT molecular complexity index is 890. The standard InChI is InChI=1S/C23H26N2O5/c1-28-20-10-8-18(16-21(20)29-2)9-11-23(27)30-17-22(26)25-14-12-24(13-15-25)19-6-4-3-5-7-19/h3-11,16H,12-15,17H2,1-2H3/b11-9+. The molecule has 0 unspecified atom stereocenters. The van der Waals surface area contributed by atoms with Crippen LogP contribution in [0.15, 0.2) is 54.6 Å². The number of hydrogen-bond donors (Lipinski definition) is 0. The molecule has 0 spiro atoms. The van der Waals surface area contributed by atoms with Crippen molar-refractivity contribution in [3.63, 3.8) is 0 Å². The van der Waals surface area contributed by atoms with E-state index in [-0.39, 0.29) is 12.5 Å². The second-order valence-corrected chi connectivity index (χ2v) is 6.76. The third-order valence-corrected chi connectivity index (χ3v) is 4.91. The summed E-state index contributed by atoms with van der Waals surface area (Å²) in [6.45, 7) is 2.45. The van der Waals surface area contributed by atoms with E-state index >= 15 is 0 Å². The lowest BCUT2D eigenvalue weighted by Gasteiger charge is -2.36. The maximum Gasteiger partial charge on any atom is 0.331 e. The van der Waals surface area contributed by atoms with Gasteiger partial charge in [-0.05, 0) is 35.9 Å². The lowest BCUT2D eigenvalue weighted by molar-refractivity contribution is -0.148. The summed E-state index contributed by atoms with van der Waals surface area (Å²) in [6, 6.07) is 15.4. The number of amides is 1. The molecule has 30 heavy (non-hydrogen) atoms. The summed E-state index contributed by atoms with van der Waals surface area (Å²) >= 11 is 0. The van der Waals surface area contributed by atoms with Crippen LogP contribution < -0.4 is 14.4 Å². The molecule has 1 aliphatic rings. The number of anilines is 1. The normalized spacial score (nSPS) is 13.9. The van der Waals surface area contributed by atoms with E-state index in [0.29, 0.717) is 24.6 Å². The van der Waals surface area contributed by atoms with E-state index in [1.54, 1.807) is 43.4 Å². The van der Waals surface area contributed by atoms with Crippen LogP contribution in [0, 0.1) is 0 Å². The van der Waals surface area contributed by atoms with Gasteiger partial charge in [0.15, 0.2) is 18.1 Å². The first-order valence-corrected chi connectivity index (χ1v) is 9.75. The van der Waals surface area contributed by atoms with Crippen LogP contribution in [0.2, 0.25) is 0 Å². The summed E-state index contributed by atoms with van der Waals surface area (Å²) in [7, 11) is 3.11. The van der Waals surface area contributed by atoms with Gasteiger partial charge in [-0.2, -0.15) is 0 Å². The average molecular weight is 410 g/mol. The molecule has 1 heterocycles. The molecule has 1 fully saturated rings. The number of hydrogen-bond acceptors (Lipinski definition) is 6. The Balaban J connectivity index is 1.45. The Morgan fingerprint density at radius 3 is 2.30 bits per heavy atom. The second-order valence-electron chi connectivity index (χ2n) is 6.76. The van der Waals surface area contributed by atoms with E-state index in [0.717, 1.165) is 24.3 Å². The molecule has 0 bridgehead atoms. The number of carbonyl (C=O) groups is 2. The zero-order chi connectivity index (χ0) is 21.3. The van der Waals surface area contributed by atoms with Crippen molar-refractivity contribution < 1.29 is 23.8 Å². The van der Waals surface area contributed by atoms with Crippen molar-refractivity contribution >= 4 is 23.6 Å². The number of methoxy groups -OCH3 is 2. The highest BCUT2D eigenvalue weighted by molar-refractivity contribution is 5.89. The summed E-state index contributed by atoms with van der Waals surface area (Å²) in [5.41, 5.74) is 1.91. The molecule has 0 N–H and O–H groups in total. The predicted molar refractivity (Wildman–Crippen MR) is 115 cm³/mol. The van der Waals surface area contributed by atoms with Gasteiger partial charge in [-0.15, -0.1) is 0 Å². The number of benzene rings is 2. The zero-order valence-corrected chi connectivity index (χ0v) is 17.2. The molecule has 0 saturated carbocycles. The molecule has 0 aliphatic carbocycles. The van der Waals surface area contributed by atoms with Gasteiger partial charge in [-0.3, -0.25) is 4.79 Å². The minimum atomic E-state index is -0.568. The fourth-order valence-electron chi connectivity index (χ4n) is 3.25. The van der Waals surface area contributed by atoms with Crippen molar-refractivity contribution in [1.82, 2.24) is 4.90 Å². The lowest BCUT2D eigenvalue weighted by atomic mass is 10.2. The first-order chi connectivity index (χ1) is 14.6. The molecule has 1 aliphatic heterocycles. The third-order valence-electron chi connectivity index (χ3n) is 4.91. The minimum absolute atomic E-state index is 0.185. The summed E-state index contributed by atoms with van der Waals surface area (Å²) in [5, 5.41) is 0. The number of ether oxygens (including phenoxy) is 3. The van der Waals surface area contributed by atoms with Gasteiger partial charge >= 0.3 is 5.97 Å². The summed E-state index contributed by atoms with van der Waals surface area (Å²) < 4.78 is 15.5. The summed E-state index contributed by atoms with van der Waals surface area (Å²) in [6.07, 6.45) is 2.90. The molecule has 0 radical (unpaired) electrons. The summed E-state index contributed by atoms with van der Waals surface area (Å²) in [5.74, 6) is 0.421. The van der Waals surface area contributed by atoms with Crippen molar-refractivity contribution in [3.05, 3.63) is 60.2 Å². The molecule has 158 valence electrons. The molecule has 0 atom stereocenters. The maximum atomic E-state index is 12.3. The number of esters is 1. The number of piperazine rings is 1. The van der Waals surface area contributed by atoms with Crippen LogP contribution >= 0.6 is 0 Å². The van der Waals surface area contributed by atoms with Gasteiger partial charge in [0.05, 0.1) is 14.2 Å². The summed E-state index contributed by atoms with van der Waals surface area (Å²) in [4.78, 5) is 28.3. The van der Waals surface area contributed by atoms with E-state index in [2.05, 4.69) is 17.0 Å². The van der Waals surface area contributed by atoms with Crippen LogP contribution in [0.1, 0.15) is 5.56 Å². The van der Waals surface area contributed by atoms with Crippen LogP contribution in [0.25, 0.3) is 6.08 Å². The highest BCUT2D eigenvalue weighted by Gasteiger charge is 2.21. The minimum Gasteiger partial charge on any atom is -0.493 e. The van der Waals surface area contributed by atoms with E-state index in [1.165, 1.54) is 6.08 Å². The van der Waals surface area contributed by atoms with Crippen molar-refractivity contribution in [1.29, 1.82) is 0 Å². The fraction of sp³-hybridized carbons (Fsp3) is 0.304. The Labute approximate surface area is 176 Å². The molecule has 7 heteroatoms. The third kappa shape index (κ3) is 5.53. The molecule has 2 aromatic rings. The predicted octanol–water partition coefficient (Wildman–Crippen LogP) is 2.61. The zero-order valence-electron chi connectivity index (χ0n) is 17.2. The molecule has 1 amide bonds. The van der Waals surface area contributed by atoms with Crippen LogP contribution in [-0.4, -0.2) is 63.8 Å². The van der Waals surface area contributed by atoms with E-state index in [4.69, 9.17) is 14.2 Å². The van der Waals surface area contributed by atoms with Gasteiger partial charge in [-0.25, -0.2) is 4.79 Å². The second kappa shape index (κ2) is 10.3. The highest BCUT2D eigenvalue weighted by atomic mass is 16.5. The SMILES string of the molecule is COc1ccc(/C=C/C(=O)OCC(=O)N2CCN(c3ccccc3)CC2)cc1OC. The van der Waals surface area contributed by atoms with Gasteiger partial charge in [0, 0.05) is 37.9 Å².